The number of halogens is 2. The smallest absolute Gasteiger partial charge is 0.335 e. The van der Waals surface area contributed by atoms with Gasteiger partial charge in [-0.05, 0) is 42.0 Å². The number of hydrogen-bond donors (Lipinski definition) is 2. The van der Waals surface area contributed by atoms with Gasteiger partial charge in [0.05, 0.1) is 16.3 Å². The van der Waals surface area contributed by atoms with Crippen molar-refractivity contribution < 1.29 is 14.7 Å². The number of hydrogen-bond acceptors (Lipinski definition) is 3. The van der Waals surface area contributed by atoms with E-state index in [0.717, 1.165) is 0 Å². The van der Waals surface area contributed by atoms with Crippen LogP contribution >= 0.6 is 23.2 Å². The van der Waals surface area contributed by atoms with E-state index in [4.69, 9.17) is 33.6 Å². The van der Waals surface area contributed by atoms with E-state index in [9.17, 15) is 9.59 Å². The SMILES string of the molecule is N#C/C(=C\c1ccc(C(=O)O)cc1)C(=O)Nc1ccc(Cl)cc1Cl. The summed E-state index contributed by atoms with van der Waals surface area (Å²) in [4.78, 5) is 23.0. The van der Waals surface area contributed by atoms with Crippen molar-refractivity contribution in [1.82, 2.24) is 0 Å². The summed E-state index contributed by atoms with van der Waals surface area (Å²) in [6, 6.07) is 12.1. The molecule has 7 heteroatoms. The molecule has 1 amide bonds. The molecule has 0 saturated carbocycles. The summed E-state index contributed by atoms with van der Waals surface area (Å²) in [5.41, 5.74) is 0.814. The molecule has 2 N–H and O–H groups in total. The first-order chi connectivity index (χ1) is 11.4. The summed E-state index contributed by atoms with van der Waals surface area (Å²) >= 11 is 11.8. The predicted molar refractivity (Wildman–Crippen MR) is 92.1 cm³/mol. The van der Waals surface area contributed by atoms with Crippen LogP contribution in [0, 0.1) is 11.3 Å². The standard InChI is InChI=1S/C17H10Cl2N2O3/c18-13-5-6-15(14(19)8-13)21-16(22)12(9-20)7-10-1-3-11(4-2-10)17(23)24/h1-8H,(H,21,22)(H,23,24)/b12-7+. The van der Waals surface area contributed by atoms with E-state index in [1.807, 2.05) is 0 Å². The third kappa shape index (κ3) is 4.35. The Bertz CT molecular complexity index is 868. The van der Waals surface area contributed by atoms with E-state index < -0.39 is 11.9 Å². The first kappa shape index (κ1) is 17.5. The number of nitrogens with one attached hydrogen (secondary N) is 1. The fourth-order valence-corrected chi connectivity index (χ4v) is 2.27. The molecule has 2 aromatic carbocycles. The maximum atomic E-state index is 12.2. The average Bonchev–Trinajstić information content (AvgIpc) is 2.55. The Morgan fingerprint density at radius 1 is 1.12 bits per heavy atom. The normalized spacial score (nSPS) is 10.8. The van der Waals surface area contributed by atoms with Crippen LogP contribution in [0.2, 0.25) is 10.0 Å². The summed E-state index contributed by atoms with van der Waals surface area (Å²) in [5, 5.41) is 21.2. The average molecular weight is 361 g/mol. The largest absolute Gasteiger partial charge is 0.478 e. The van der Waals surface area contributed by atoms with Crippen LogP contribution in [0.25, 0.3) is 6.08 Å². The van der Waals surface area contributed by atoms with Crippen molar-refractivity contribution in [2.45, 2.75) is 0 Å². The molecule has 0 radical (unpaired) electrons. The highest BCUT2D eigenvalue weighted by Gasteiger charge is 2.12. The molecule has 0 aliphatic heterocycles. The van der Waals surface area contributed by atoms with Crippen LogP contribution in [0.3, 0.4) is 0 Å². The lowest BCUT2D eigenvalue weighted by Gasteiger charge is -2.07. The summed E-state index contributed by atoms with van der Waals surface area (Å²) < 4.78 is 0. The van der Waals surface area contributed by atoms with Gasteiger partial charge in [-0.1, -0.05) is 35.3 Å². The molecule has 0 fully saturated rings. The maximum absolute atomic E-state index is 12.2. The maximum Gasteiger partial charge on any atom is 0.335 e. The number of benzene rings is 2. The van der Waals surface area contributed by atoms with Crippen molar-refractivity contribution in [3.63, 3.8) is 0 Å². The second-order valence-corrected chi connectivity index (χ2v) is 5.52. The van der Waals surface area contributed by atoms with Crippen LogP contribution in [0.1, 0.15) is 15.9 Å². The predicted octanol–water partition coefficient (Wildman–Crippen LogP) is 4.24. The van der Waals surface area contributed by atoms with Gasteiger partial charge in [0, 0.05) is 5.02 Å². The molecule has 24 heavy (non-hydrogen) atoms. The molecule has 2 rings (SSSR count). The minimum atomic E-state index is -1.05. The number of rotatable bonds is 4. The number of carboxylic acid groups (broad SMARTS) is 1. The van der Waals surface area contributed by atoms with Crippen molar-refractivity contribution in [2.75, 3.05) is 5.32 Å². The molecule has 0 aromatic heterocycles. The van der Waals surface area contributed by atoms with E-state index >= 15 is 0 Å². The summed E-state index contributed by atoms with van der Waals surface area (Å²) in [6.45, 7) is 0. The van der Waals surface area contributed by atoms with Gasteiger partial charge in [0.15, 0.2) is 0 Å². The highest BCUT2D eigenvalue weighted by Crippen LogP contribution is 2.25. The van der Waals surface area contributed by atoms with Gasteiger partial charge in [0.1, 0.15) is 11.6 Å². The lowest BCUT2D eigenvalue weighted by atomic mass is 10.1. The van der Waals surface area contributed by atoms with Crippen molar-refractivity contribution in [2.24, 2.45) is 0 Å². The van der Waals surface area contributed by atoms with Crippen molar-refractivity contribution in [1.29, 1.82) is 5.26 Å². The van der Waals surface area contributed by atoms with E-state index in [1.165, 1.54) is 42.5 Å². The van der Waals surface area contributed by atoms with E-state index in [1.54, 1.807) is 12.1 Å². The van der Waals surface area contributed by atoms with Crippen LogP contribution in [0.4, 0.5) is 5.69 Å². The van der Waals surface area contributed by atoms with Gasteiger partial charge in [-0.25, -0.2) is 4.79 Å². The zero-order valence-electron chi connectivity index (χ0n) is 12.1. The third-order valence-corrected chi connectivity index (χ3v) is 3.56. The van der Waals surface area contributed by atoms with Crippen LogP contribution < -0.4 is 5.32 Å². The number of carboxylic acids is 1. The Morgan fingerprint density at radius 3 is 2.33 bits per heavy atom. The second-order valence-electron chi connectivity index (χ2n) is 4.68. The number of carbonyl (C=O) groups excluding carboxylic acids is 1. The zero-order valence-corrected chi connectivity index (χ0v) is 13.6. The number of anilines is 1. The number of aromatic carboxylic acids is 1. The summed E-state index contributed by atoms with van der Waals surface area (Å²) in [5.74, 6) is -1.69. The molecule has 0 aliphatic carbocycles. The van der Waals surface area contributed by atoms with E-state index in [0.29, 0.717) is 16.3 Å². The minimum absolute atomic E-state index is 0.114. The Morgan fingerprint density at radius 2 is 1.79 bits per heavy atom. The van der Waals surface area contributed by atoms with Gasteiger partial charge < -0.3 is 10.4 Å². The topological polar surface area (TPSA) is 90.2 Å². The minimum Gasteiger partial charge on any atom is -0.478 e. The number of carbonyl (C=O) groups is 2. The molecule has 0 saturated heterocycles. The lowest BCUT2D eigenvalue weighted by Crippen LogP contribution is -2.13. The molecule has 0 atom stereocenters. The Hall–Kier alpha value is -2.81. The molecule has 120 valence electrons. The Kier molecular flexibility index (Phi) is 5.59. The molecule has 2 aromatic rings. The number of nitrogens with zero attached hydrogens (tertiary/aromatic N) is 1. The van der Waals surface area contributed by atoms with Crippen LogP contribution in [0.15, 0.2) is 48.0 Å². The first-order valence-corrected chi connectivity index (χ1v) is 7.38. The fourth-order valence-electron chi connectivity index (χ4n) is 1.82. The van der Waals surface area contributed by atoms with Crippen molar-refractivity contribution in [3.8, 4) is 6.07 Å². The van der Waals surface area contributed by atoms with Gasteiger partial charge in [-0.2, -0.15) is 5.26 Å². The van der Waals surface area contributed by atoms with Gasteiger partial charge in [-0.15, -0.1) is 0 Å². The number of nitriles is 1. The monoisotopic (exact) mass is 360 g/mol. The highest BCUT2D eigenvalue weighted by molar-refractivity contribution is 6.36. The molecule has 5 nitrogen and oxygen atoms in total. The van der Waals surface area contributed by atoms with E-state index in [-0.39, 0.29) is 16.2 Å². The highest BCUT2D eigenvalue weighted by atomic mass is 35.5. The summed E-state index contributed by atoms with van der Waals surface area (Å²) in [7, 11) is 0. The molecule has 0 unspecified atom stereocenters. The van der Waals surface area contributed by atoms with E-state index in [2.05, 4.69) is 5.32 Å². The molecular formula is C17H10Cl2N2O3. The van der Waals surface area contributed by atoms with Crippen LogP contribution in [-0.4, -0.2) is 17.0 Å². The van der Waals surface area contributed by atoms with Crippen molar-refractivity contribution >= 4 is 46.8 Å². The summed E-state index contributed by atoms with van der Waals surface area (Å²) in [6.07, 6.45) is 1.35. The quantitative estimate of drug-likeness (QED) is 0.630. The molecule has 0 bridgehead atoms. The third-order valence-electron chi connectivity index (χ3n) is 3.01. The molecular weight excluding hydrogens is 351 g/mol. The Labute approximate surface area is 147 Å². The number of amides is 1. The lowest BCUT2D eigenvalue weighted by molar-refractivity contribution is -0.112. The van der Waals surface area contributed by atoms with Crippen LogP contribution in [0.5, 0.6) is 0 Å². The first-order valence-electron chi connectivity index (χ1n) is 6.62. The fraction of sp³-hybridized carbons (Fsp3) is 0. The van der Waals surface area contributed by atoms with Gasteiger partial charge in [0.2, 0.25) is 0 Å². The molecule has 0 spiro atoms. The molecule has 0 aliphatic rings. The second kappa shape index (κ2) is 7.64. The van der Waals surface area contributed by atoms with Gasteiger partial charge >= 0.3 is 5.97 Å². The van der Waals surface area contributed by atoms with Crippen LogP contribution in [-0.2, 0) is 4.79 Å². The molecule has 0 heterocycles. The Balaban J connectivity index is 2.22. The van der Waals surface area contributed by atoms with Gasteiger partial charge in [0.25, 0.3) is 5.91 Å². The zero-order chi connectivity index (χ0) is 17.7. The van der Waals surface area contributed by atoms with Crippen molar-refractivity contribution in [3.05, 3.63) is 69.2 Å². The van der Waals surface area contributed by atoms with Gasteiger partial charge in [-0.3, -0.25) is 4.79 Å².